The lowest BCUT2D eigenvalue weighted by Crippen LogP contribution is -2.08. The fourth-order valence-corrected chi connectivity index (χ4v) is 3.25. The maximum Gasteiger partial charge on any atom is 0.243 e. The maximum absolute atomic E-state index is 6.01. The molecule has 0 unspecified atom stereocenters. The maximum atomic E-state index is 6.01. The van der Waals surface area contributed by atoms with Gasteiger partial charge in [0.1, 0.15) is 11.4 Å². The van der Waals surface area contributed by atoms with Gasteiger partial charge in [-0.15, -0.1) is 11.3 Å². The van der Waals surface area contributed by atoms with E-state index >= 15 is 0 Å². The summed E-state index contributed by atoms with van der Waals surface area (Å²) in [6.07, 6.45) is 2.01. The van der Waals surface area contributed by atoms with Crippen LogP contribution in [0.15, 0.2) is 34.2 Å². The molecule has 1 aromatic carbocycles. The van der Waals surface area contributed by atoms with E-state index in [1.54, 1.807) is 11.3 Å². The number of halogens is 1. The summed E-state index contributed by atoms with van der Waals surface area (Å²) in [4.78, 5) is 5.50. The molecule has 2 heterocycles. The summed E-state index contributed by atoms with van der Waals surface area (Å²) in [7, 11) is 1.92. The van der Waals surface area contributed by atoms with Gasteiger partial charge >= 0.3 is 0 Å². The van der Waals surface area contributed by atoms with Gasteiger partial charge < -0.3 is 10.1 Å². The van der Waals surface area contributed by atoms with Gasteiger partial charge in [-0.3, -0.25) is 4.40 Å². The van der Waals surface area contributed by atoms with Gasteiger partial charge in [-0.2, -0.15) is 4.98 Å². The Labute approximate surface area is 129 Å². The van der Waals surface area contributed by atoms with E-state index in [-0.39, 0.29) is 0 Å². The number of benzene rings is 1. The molecule has 0 atom stereocenters. The third kappa shape index (κ3) is 2.46. The van der Waals surface area contributed by atoms with Crippen molar-refractivity contribution in [2.24, 2.45) is 0 Å². The van der Waals surface area contributed by atoms with Crippen LogP contribution in [0.2, 0.25) is 0 Å². The molecule has 0 spiro atoms. The predicted molar refractivity (Wildman–Crippen MR) is 84.8 cm³/mol. The summed E-state index contributed by atoms with van der Waals surface area (Å²) >= 11 is 5.06. The second-order valence-electron chi connectivity index (χ2n) is 4.46. The minimum atomic E-state index is 0.664. The first kappa shape index (κ1) is 13.6. The topological polar surface area (TPSA) is 38.6 Å². The zero-order chi connectivity index (χ0) is 14.1. The minimum absolute atomic E-state index is 0.664. The van der Waals surface area contributed by atoms with Gasteiger partial charge in [-0.25, -0.2) is 0 Å². The summed E-state index contributed by atoms with van der Waals surface area (Å²) in [5.41, 5.74) is 2.11. The summed E-state index contributed by atoms with van der Waals surface area (Å²) in [6, 6.07) is 5.96. The molecule has 0 aliphatic carbocycles. The molecule has 20 heavy (non-hydrogen) atoms. The van der Waals surface area contributed by atoms with E-state index in [1.807, 2.05) is 43.7 Å². The van der Waals surface area contributed by atoms with E-state index in [1.165, 1.54) is 0 Å². The minimum Gasteiger partial charge on any atom is -0.437 e. The van der Waals surface area contributed by atoms with Crippen molar-refractivity contribution in [3.05, 3.63) is 45.5 Å². The van der Waals surface area contributed by atoms with Crippen LogP contribution in [-0.2, 0) is 6.54 Å². The third-order valence-corrected chi connectivity index (χ3v) is 4.26. The molecule has 1 N–H and O–H groups in total. The van der Waals surface area contributed by atoms with Gasteiger partial charge in [0.2, 0.25) is 5.88 Å². The number of hydrogen-bond donors (Lipinski definition) is 1. The highest BCUT2D eigenvalue weighted by atomic mass is 79.9. The summed E-state index contributed by atoms with van der Waals surface area (Å²) in [6.45, 7) is 2.74. The van der Waals surface area contributed by atoms with Gasteiger partial charge in [0.15, 0.2) is 4.96 Å². The van der Waals surface area contributed by atoms with Crippen LogP contribution in [0.3, 0.4) is 0 Å². The summed E-state index contributed by atoms with van der Waals surface area (Å²) < 4.78 is 9.11. The van der Waals surface area contributed by atoms with E-state index in [0.29, 0.717) is 12.4 Å². The summed E-state index contributed by atoms with van der Waals surface area (Å²) in [5.74, 6) is 1.49. The number of thiazole rings is 1. The normalized spacial score (nSPS) is 11.2. The molecule has 0 fully saturated rings. The molecule has 4 nitrogen and oxygen atoms in total. The molecule has 0 aliphatic heterocycles. The van der Waals surface area contributed by atoms with E-state index in [9.17, 15) is 0 Å². The molecule has 3 aromatic rings. The Hall–Kier alpha value is -1.37. The number of nitrogens with zero attached hydrogens (tertiary/aromatic N) is 2. The molecule has 3 rings (SSSR count). The molecule has 104 valence electrons. The molecule has 2 aromatic heterocycles. The van der Waals surface area contributed by atoms with Crippen LogP contribution < -0.4 is 10.1 Å². The number of hydrogen-bond acceptors (Lipinski definition) is 4. The molecule has 6 heteroatoms. The van der Waals surface area contributed by atoms with Gasteiger partial charge in [0, 0.05) is 22.6 Å². The van der Waals surface area contributed by atoms with Crippen molar-refractivity contribution >= 4 is 32.2 Å². The highest BCUT2D eigenvalue weighted by Crippen LogP contribution is 2.30. The number of aryl methyl sites for hydroxylation is 1. The SMILES string of the molecule is CNCc1c(Oc2ccc(Br)cc2C)nc2sccn12. The molecular formula is C14H14BrN3OS. The molecule has 0 bridgehead atoms. The largest absolute Gasteiger partial charge is 0.437 e. The Kier molecular flexibility index (Phi) is 3.78. The van der Waals surface area contributed by atoms with E-state index in [4.69, 9.17) is 4.74 Å². The molecule has 0 saturated heterocycles. The third-order valence-electron chi connectivity index (χ3n) is 3.01. The van der Waals surface area contributed by atoms with Crippen molar-refractivity contribution in [1.29, 1.82) is 0 Å². The second kappa shape index (κ2) is 5.55. The lowest BCUT2D eigenvalue weighted by molar-refractivity contribution is 0.453. The molecule has 0 radical (unpaired) electrons. The zero-order valence-electron chi connectivity index (χ0n) is 11.2. The van der Waals surface area contributed by atoms with Crippen molar-refractivity contribution in [3.63, 3.8) is 0 Å². The Bertz CT molecular complexity index is 750. The van der Waals surface area contributed by atoms with Crippen LogP contribution in [-0.4, -0.2) is 16.4 Å². The van der Waals surface area contributed by atoms with E-state index in [0.717, 1.165) is 26.4 Å². The van der Waals surface area contributed by atoms with Gasteiger partial charge in [0.25, 0.3) is 0 Å². The fourth-order valence-electron chi connectivity index (χ4n) is 2.05. The van der Waals surface area contributed by atoms with Gasteiger partial charge in [0.05, 0.1) is 0 Å². The van der Waals surface area contributed by atoms with Gasteiger partial charge in [-0.05, 0) is 37.7 Å². The van der Waals surface area contributed by atoms with Crippen molar-refractivity contribution in [2.45, 2.75) is 13.5 Å². The van der Waals surface area contributed by atoms with Crippen molar-refractivity contribution < 1.29 is 4.74 Å². The first-order valence-corrected chi connectivity index (χ1v) is 7.89. The highest BCUT2D eigenvalue weighted by molar-refractivity contribution is 9.10. The van der Waals surface area contributed by atoms with Gasteiger partial charge in [-0.1, -0.05) is 15.9 Å². The first-order chi connectivity index (χ1) is 9.69. The Morgan fingerprint density at radius 1 is 1.45 bits per heavy atom. The van der Waals surface area contributed by atoms with E-state index in [2.05, 4.69) is 30.6 Å². The predicted octanol–water partition coefficient (Wildman–Crippen LogP) is 3.98. The molecular weight excluding hydrogens is 338 g/mol. The smallest absolute Gasteiger partial charge is 0.243 e. The lowest BCUT2D eigenvalue weighted by atomic mass is 10.2. The molecule has 0 aliphatic rings. The average Bonchev–Trinajstić information content (AvgIpc) is 2.96. The number of ether oxygens (including phenoxy) is 1. The second-order valence-corrected chi connectivity index (χ2v) is 6.25. The average molecular weight is 352 g/mol. The summed E-state index contributed by atoms with van der Waals surface area (Å²) in [5, 5.41) is 5.18. The van der Waals surface area contributed by atoms with Crippen LogP contribution in [0.4, 0.5) is 0 Å². The van der Waals surface area contributed by atoms with Crippen LogP contribution in [0.25, 0.3) is 4.96 Å². The Morgan fingerprint density at radius 3 is 3.05 bits per heavy atom. The first-order valence-electron chi connectivity index (χ1n) is 6.22. The number of rotatable bonds is 4. The van der Waals surface area contributed by atoms with Crippen molar-refractivity contribution in [2.75, 3.05) is 7.05 Å². The quantitative estimate of drug-likeness (QED) is 0.772. The number of aromatic nitrogens is 2. The van der Waals surface area contributed by atoms with E-state index < -0.39 is 0 Å². The highest BCUT2D eigenvalue weighted by Gasteiger charge is 2.15. The Morgan fingerprint density at radius 2 is 2.30 bits per heavy atom. The van der Waals surface area contributed by atoms with Crippen LogP contribution in [0.5, 0.6) is 11.6 Å². The molecule has 0 saturated carbocycles. The fraction of sp³-hybridized carbons (Fsp3) is 0.214. The monoisotopic (exact) mass is 351 g/mol. The number of fused-ring (bicyclic) bond motifs is 1. The number of nitrogens with one attached hydrogen (secondary N) is 1. The Balaban J connectivity index is 2.01. The lowest BCUT2D eigenvalue weighted by Gasteiger charge is -2.08. The zero-order valence-corrected chi connectivity index (χ0v) is 13.6. The van der Waals surface area contributed by atoms with Crippen LogP contribution >= 0.6 is 27.3 Å². The molecule has 0 amide bonds. The van der Waals surface area contributed by atoms with Crippen LogP contribution in [0.1, 0.15) is 11.3 Å². The van der Waals surface area contributed by atoms with Crippen molar-refractivity contribution in [3.8, 4) is 11.6 Å². The van der Waals surface area contributed by atoms with Crippen LogP contribution in [0, 0.1) is 6.92 Å². The van der Waals surface area contributed by atoms with Crippen molar-refractivity contribution in [1.82, 2.24) is 14.7 Å². The number of imidazole rings is 1. The standard InChI is InChI=1S/C14H14BrN3OS/c1-9-7-10(15)3-4-12(9)19-13-11(8-16-2)18-5-6-20-14(18)17-13/h3-7,16H,8H2,1-2H3.